The molecule has 6 rings (SSSR count). The highest BCUT2D eigenvalue weighted by Crippen LogP contribution is 2.56. The average molecular weight is 689 g/mol. The minimum Gasteiger partial charge on any atom is -0.507 e. The zero-order valence-corrected chi connectivity index (χ0v) is 27.4. The van der Waals surface area contributed by atoms with E-state index in [-0.39, 0.29) is 82.8 Å². The number of hydrogen-bond acceptors (Lipinski definition) is 13. The molecule has 0 radical (unpaired) electrons. The Bertz CT molecular complexity index is 2440. The summed E-state index contributed by atoms with van der Waals surface area (Å²) in [6.45, 7) is 1.08. The first-order valence-corrected chi connectivity index (χ1v) is 15.2. The quantitative estimate of drug-likeness (QED) is 0.0736. The van der Waals surface area contributed by atoms with E-state index in [0.717, 1.165) is 0 Å². The van der Waals surface area contributed by atoms with Crippen LogP contribution in [0.5, 0.6) is 23.0 Å². The molecule has 15 nitrogen and oxygen atoms in total. The molecule has 7 N–H and O–H groups in total. The smallest absolute Gasteiger partial charge is 0.328 e. The van der Waals surface area contributed by atoms with E-state index >= 15 is 0 Å². The summed E-state index contributed by atoms with van der Waals surface area (Å²) in [6, 6.07) is -0.764. The number of ether oxygens (including phenoxy) is 3. The molecular weight excluding hydrogens is 656 g/mol. The highest BCUT2D eigenvalue weighted by Gasteiger charge is 2.38. The number of carbonyl (C=O) groups excluding carboxylic acids is 1. The van der Waals surface area contributed by atoms with Gasteiger partial charge in [0.2, 0.25) is 10.9 Å². The second-order valence-corrected chi connectivity index (χ2v) is 12.0. The number of ketones is 1. The van der Waals surface area contributed by atoms with E-state index in [1.807, 2.05) is 0 Å². The number of aromatic hydroxyl groups is 1. The van der Waals surface area contributed by atoms with Crippen LogP contribution in [0.1, 0.15) is 30.9 Å². The van der Waals surface area contributed by atoms with E-state index in [0.29, 0.717) is 5.57 Å². The fourth-order valence-electron chi connectivity index (χ4n) is 7.27. The van der Waals surface area contributed by atoms with E-state index in [9.17, 15) is 49.5 Å². The Labute approximate surface area is 281 Å². The summed E-state index contributed by atoms with van der Waals surface area (Å²) in [5.41, 5.74) is -1.47. The number of hydrogen-bond donors (Lipinski definition) is 7. The lowest BCUT2D eigenvalue weighted by atomic mass is 9.80. The van der Waals surface area contributed by atoms with Crippen LogP contribution in [0.4, 0.5) is 11.4 Å². The number of allylic oxidation sites excluding steroid dienone is 1. The maximum atomic E-state index is 14.8. The number of methoxy groups -OCH3 is 3. The minimum atomic E-state index is -1.69. The summed E-state index contributed by atoms with van der Waals surface area (Å²) in [5, 5.41) is 57.0. The molecule has 5 aromatic carbocycles. The van der Waals surface area contributed by atoms with Crippen LogP contribution in [0.2, 0.25) is 0 Å². The zero-order chi connectivity index (χ0) is 36.5. The molecule has 0 fully saturated rings. The first-order valence-electron chi connectivity index (χ1n) is 15.2. The van der Waals surface area contributed by atoms with Crippen LogP contribution < -0.4 is 35.7 Å². The summed E-state index contributed by atoms with van der Waals surface area (Å²) in [4.78, 5) is 66.8. The van der Waals surface area contributed by atoms with Gasteiger partial charge in [-0.3, -0.25) is 14.4 Å². The Kier molecular flexibility index (Phi) is 8.28. The molecule has 0 saturated heterocycles. The Balaban J connectivity index is 2.09. The van der Waals surface area contributed by atoms with Crippen molar-refractivity contribution in [2.24, 2.45) is 0 Å². The molecule has 0 amide bonds. The van der Waals surface area contributed by atoms with E-state index < -0.39 is 65.5 Å². The van der Waals surface area contributed by atoms with Crippen LogP contribution in [-0.2, 0) is 14.4 Å². The topological polar surface area (TPSA) is 238 Å². The number of aliphatic hydroxyl groups excluding tert-OH is 2. The number of rotatable bonds is 12. The lowest BCUT2D eigenvalue weighted by molar-refractivity contribution is -0.139. The second-order valence-electron chi connectivity index (χ2n) is 12.0. The third kappa shape index (κ3) is 4.61. The molecule has 0 bridgehead atoms. The zero-order valence-electron chi connectivity index (χ0n) is 27.4. The fraction of sp³-hybridized carbons (Fsp3) is 0.286. The average Bonchev–Trinajstić information content (AvgIpc) is 3.20. The normalized spacial score (nSPS) is 15.3. The fourth-order valence-corrected chi connectivity index (χ4v) is 7.27. The molecule has 50 heavy (non-hydrogen) atoms. The standard InChI is InChI=1S/C35H32N2O13/c1-11-6-13-21-26-22(31(42)30(13)37-16(10-39)35(46)47)14(36-15(9-38)34(44)45)7-18(48-3)24(26)25-19(49-4)8-17(41)23-28(25)27(21)29(20(11)12(2)40)33(50-5)32(23)43/h6-8,15-16,20,36-39,41H,9-10H2,1-5H3,(H,44,45)(H,46,47). The minimum absolute atomic E-state index is 0.0576. The largest absolute Gasteiger partial charge is 0.507 e. The van der Waals surface area contributed by atoms with Gasteiger partial charge in [-0.15, -0.1) is 0 Å². The lowest BCUT2D eigenvalue weighted by Gasteiger charge is -2.26. The molecule has 0 heterocycles. The van der Waals surface area contributed by atoms with Crippen molar-refractivity contribution in [2.45, 2.75) is 31.8 Å². The van der Waals surface area contributed by atoms with Crippen LogP contribution in [0.25, 0.3) is 49.2 Å². The van der Waals surface area contributed by atoms with Gasteiger partial charge in [0, 0.05) is 50.2 Å². The summed E-state index contributed by atoms with van der Waals surface area (Å²) in [7, 11) is 3.88. The number of benzene rings is 5. The molecule has 0 spiro atoms. The molecule has 0 aliphatic heterocycles. The number of aliphatic hydroxyl groups is 2. The van der Waals surface area contributed by atoms with Gasteiger partial charge in [0.25, 0.3) is 0 Å². The van der Waals surface area contributed by atoms with E-state index in [2.05, 4.69) is 10.6 Å². The Morgan fingerprint density at radius 2 is 1.32 bits per heavy atom. The van der Waals surface area contributed by atoms with Crippen LogP contribution in [0.15, 0.2) is 27.3 Å². The molecule has 15 heteroatoms. The molecule has 5 aromatic rings. The lowest BCUT2D eigenvalue weighted by Crippen LogP contribution is -2.35. The number of aliphatic carboxylic acids is 2. The summed E-state index contributed by atoms with van der Waals surface area (Å²) < 4.78 is 17.2. The second kappa shape index (κ2) is 12.2. The molecule has 260 valence electrons. The number of carboxylic acids is 2. The van der Waals surface area contributed by atoms with E-state index in [1.165, 1.54) is 46.5 Å². The van der Waals surface area contributed by atoms with Crippen molar-refractivity contribution in [1.29, 1.82) is 0 Å². The van der Waals surface area contributed by atoms with Crippen molar-refractivity contribution in [3.8, 4) is 23.0 Å². The van der Waals surface area contributed by atoms with Crippen molar-refractivity contribution in [2.75, 3.05) is 45.2 Å². The van der Waals surface area contributed by atoms with Gasteiger partial charge in [0.1, 0.15) is 35.1 Å². The number of carboxylic acid groups (broad SMARTS) is 2. The van der Waals surface area contributed by atoms with Gasteiger partial charge < -0.3 is 50.4 Å². The first-order chi connectivity index (χ1) is 23.8. The SMILES string of the molecule is COc1c2c3c4c(c(NC(CO)C(=O)O)c(=O)c5c(NC(CO)C(=O)O)cc(OC)c(c6c(OC)cc(O)c(c1=O)c63)c54)C=C(C)C2C(C)=O. The summed E-state index contributed by atoms with van der Waals surface area (Å²) >= 11 is 0. The number of anilines is 2. The molecule has 3 unspecified atom stereocenters. The summed E-state index contributed by atoms with van der Waals surface area (Å²) in [5.74, 6) is -5.10. The monoisotopic (exact) mass is 688 g/mol. The van der Waals surface area contributed by atoms with Crippen LogP contribution in [0, 0.1) is 0 Å². The van der Waals surface area contributed by atoms with Crippen molar-refractivity contribution < 1.29 is 54.1 Å². The van der Waals surface area contributed by atoms with Crippen molar-refractivity contribution >= 4 is 78.3 Å². The highest BCUT2D eigenvalue weighted by molar-refractivity contribution is 6.40. The first kappa shape index (κ1) is 34.0. The van der Waals surface area contributed by atoms with Crippen LogP contribution >= 0.6 is 0 Å². The van der Waals surface area contributed by atoms with Gasteiger partial charge in [-0.05, 0) is 19.2 Å². The van der Waals surface area contributed by atoms with Crippen molar-refractivity contribution in [3.05, 3.63) is 49.3 Å². The number of phenols is 1. The van der Waals surface area contributed by atoms with Gasteiger partial charge in [-0.25, -0.2) is 9.59 Å². The predicted molar refractivity (Wildman–Crippen MR) is 184 cm³/mol. The molecule has 0 aromatic heterocycles. The Morgan fingerprint density at radius 3 is 1.84 bits per heavy atom. The van der Waals surface area contributed by atoms with Gasteiger partial charge in [0.15, 0.2) is 5.75 Å². The van der Waals surface area contributed by atoms with Crippen LogP contribution in [-0.4, -0.2) is 89.9 Å². The van der Waals surface area contributed by atoms with Gasteiger partial charge >= 0.3 is 11.9 Å². The van der Waals surface area contributed by atoms with Crippen LogP contribution in [0.3, 0.4) is 0 Å². The molecule has 1 aliphatic carbocycles. The molecule has 0 saturated carbocycles. The Hall–Kier alpha value is -5.93. The number of Topliss-reactive ketones (excluding diaryl/α,β-unsaturated/α-hetero) is 1. The van der Waals surface area contributed by atoms with Crippen molar-refractivity contribution in [1.82, 2.24) is 0 Å². The Morgan fingerprint density at radius 1 is 0.760 bits per heavy atom. The van der Waals surface area contributed by atoms with E-state index in [1.54, 1.807) is 6.92 Å². The maximum Gasteiger partial charge on any atom is 0.328 e. The number of nitrogens with one attached hydrogen (secondary N) is 2. The van der Waals surface area contributed by atoms with E-state index in [4.69, 9.17) is 14.2 Å². The van der Waals surface area contributed by atoms with Gasteiger partial charge in [-0.1, -0.05) is 11.6 Å². The number of carbonyl (C=O) groups is 3. The third-order valence-electron chi connectivity index (χ3n) is 9.28. The maximum absolute atomic E-state index is 14.8. The molecule has 3 atom stereocenters. The van der Waals surface area contributed by atoms with Gasteiger partial charge in [-0.2, -0.15) is 0 Å². The summed E-state index contributed by atoms with van der Waals surface area (Å²) in [6.07, 6.45) is 1.51. The predicted octanol–water partition coefficient (Wildman–Crippen LogP) is 2.43. The number of fused-ring (bicyclic) bond motifs is 1. The highest BCUT2D eigenvalue weighted by atomic mass is 16.5. The number of phenolic OH excluding ortho intramolecular Hbond substituents is 1. The molecule has 1 aliphatic rings. The molecular formula is C35H32N2O13. The van der Waals surface area contributed by atoms with Gasteiger partial charge in [0.05, 0.1) is 62.6 Å². The third-order valence-corrected chi connectivity index (χ3v) is 9.28. The van der Waals surface area contributed by atoms with Crippen molar-refractivity contribution in [3.63, 3.8) is 0 Å².